The molecule has 0 bridgehead atoms. The lowest BCUT2D eigenvalue weighted by Crippen LogP contribution is -2.18. The number of nitrogens with zero attached hydrogens (tertiary/aromatic N) is 2. The Morgan fingerprint density at radius 2 is 1.27 bits per heavy atom. The summed E-state index contributed by atoms with van der Waals surface area (Å²) in [5.74, 6) is 1.07. The van der Waals surface area contributed by atoms with E-state index in [2.05, 4.69) is 141 Å². The summed E-state index contributed by atoms with van der Waals surface area (Å²) in [7, 11) is 0. The normalized spacial score (nSPS) is 12.2. The Labute approximate surface area is 216 Å². The lowest BCUT2D eigenvalue weighted by Gasteiger charge is -2.20. The smallest absolute Gasteiger partial charge is 0.119 e. The highest BCUT2D eigenvalue weighted by Crippen LogP contribution is 2.39. The largest absolute Gasteiger partial charge is 0.296 e. The molecule has 0 saturated heterocycles. The first-order valence-corrected chi connectivity index (χ1v) is 12.9. The minimum absolute atomic E-state index is 0.0782. The summed E-state index contributed by atoms with van der Waals surface area (Å²) in [6, 6.07) is 41.7. The van der Waals surface area contributed by atoms with Crippen molar-refractivity contribution in [3.8, 4) is 16.8 Å². The quantitative estimate of drug-likeness (QED) is 0.227. The van der Waals surface area contributed by atoms with Crippen LogP contribution in [0.25, 0.3) is 60.2 Å². The van der Waals surface area contributed by atoms with Crippen LogP contribution in [0.5, 0.6) is 0 Å². The Hall–Kier alpha value is -4.43. The molecular formula is C35H28N2. The number of para-hydroxylation sites is 2. The fourth-order valence-electron chi connectivity index (χ4n) is 5.69. The van der Waals surface area contributed by atoms with Crippen molar-refractivity contribution in [3.05, 3.63) is 121 Å². The summed E-state index contributed by atoms with van der Waals surface area (Å²) < 4.78 is 2.31. The summed E-state index contributed by atoms with van der Waals surface area (Å²) >= 11 is 0. The molecule has 7 aromatic rings. The van der Waals surface area contributed by atoms with Crippen LogP contribution in [0.4, 0.5) is 0 Å². The van der Waals surface area contributed by atoms with Crippen LogP contribution in [0.3, 0.4) is 0 Å². The van der Waals surface area contributed by atoms with Crippen LogP contribution in [0.2, 0.25) is 0 Å². The van der Waals surface area contributed by atoms with Crippen molar-refractivity contribution in [2.24, 2.45) is 0 Å². The van der Waals surface area contributed by atoms with Crippen LogP contribution < -0.4 is 0 Å². The topological polar surface area (TPSA) is 17.8 Å². The Kier molecular flexibility index (Phi) is 4.74. The van der Waals surface area contributed by atoms with Crippen LogP contribution in [0.1, 0.15) is 26.6 Å². The van der Waals surface area contributed by atoms with Crippen molar-refractivity contribution in [3.63, 3.8) is 0 Å². The first-order chi connectivity index (χ1) is 18.0. The average molecular weight is 477 g/mol. The molecule has 0 spiro atoms. The van der Waals surface area contributed by atoms with E-state index in [1.54, 1.807) is 0 Å². The molecule has 0 fully saturated rings. The molecule has 37 heavy (non-hydrogen) atoms. The Bertz CT molecular complexity index is 1950. The van der Waals surface area contributed by atoms with Crippen molar-refractivity contribution in [2.75, 3.05) is 0 Å². The van der Waals surface area contributed by atoms with Gasteiger partial charge >= 0.3 is 0 Å². The van der Waals surface area contributed by atoms with Gasteiger partial charge < -0.3 is 0 Å². The van der Waals surface area contributed by atoms with Gasteiger partial charge in [0.25, 0.3) is 0 Å². The second-order valence-electron chi connectivity index (χ2n) is 10.9. The number of rotatable bonds is 2. The Morgan fingerprint density at radius 1 is 0.595 bits per heavy atom. The highest BCUT2D eigenvalue weighted by Gasteiger charge is 2.23. The summed E-state index contributed by atoms with van der Waals surface area (Å²) in [4.78, 5) is 5.01. The van der Waals surface area contributed by atoms with Crippen molar-refractivity contribution in [1.29, 1.82) is 0 Å². The molecule has 0 aliphatic rings. The zero-order valence-corrected chi connectivity index (χ0v) is 21.4. The number of fused-ring (bicyclic) bond motifs is 6. The SMILES string of the molecule is CC(C)(C)c1nc2ccccc2n1-c1ccc(-c2cc3ccccc3c3ccc4ccccc4c23)cc1. The molecule has 6 aromatic carbocycles. The molecule has 0 N–H and O–H groups in total. The molecule has 0 radical (unpaired) electrons. The number of benzene rings is 6. The van der Waals surface area contributed by atoms with E-state index >= 15 is 0 Å². The maximum Gasteiger partial charge on any atom is 0.119 e. The summed E-state index contributed by atoms with van der Waals surface area (Å²) in [6.07, 6.45) is 0. The Morgan fingerprint density at radius 3 is 2.05 bits per heavy atom. The van der Waals surface area contributed by atoms with Crippen LogP contribution >= 0.6 is 0 Å². The van der Waals surface area contributed by atoms with E-state index in [9.17, 15) is 0 Å². The van der Waals surface area contributed by atoms with Gasteiger partial charge in [-0.1, -0.05) is 106 Å². The molecule has 1 heterocycles. The zero-order chi connectivity index (χ0) is 25.1. The van der Waals surface area contributed by atoms with Gasteiger partial charge in [-0.3, -0.25) is 4.57 Å². The van der Waals surface area contributed by atoms with Crippen LogP contribution in [0.15, 0.2) is 115 Å². The van der Waals surface area contributed by atoms with E-state index in [1.165, 1.54) is 43.4 Å². The lowest BCUT2D eigenvalue weighted by molar-refractivity contribution is 0.539. The molecule has 1 aromatic heterocycles. The van der Waals surface area contributed by atoms with E-state index in [4.69, 9.17) is 4.98 Å². The van der Waals surface area contributed by atoms with Gasteiger partial charge in [-0.2, -0.15) is 0 Å². The van der Waals surface area contributed by atoms with E-state index in [0.29, 0.717) is 0 Å². The third kappa shape index (κ3) is 3.44. The maximum atomic E-state index is 5.01. The molecule has 0 saturated carbocycles. The molecule has 7 rings (SSSR count). The van der Waals surface area contributed by atoms with E-state index in [0.717, 1.165) is 22.5 Å². The fourth-order valence-corrected chi connectivity index (χ4v) is 5.69. The van der Waals surface area contributed by atoms with Crippen molar-refractivity contribution >= 4 is 43.4 Å². The summed E-state index contributed by atoms with van der Waals surface area (Å²) in [6.45, 7) is 6.68. The number of aromatic nitrogens is 2. The zero-order valence-electron chi connectivity index (χ0n) is 21.4. The molecule has 0 amide bonds. The number of imidazole rings is 1. The maximum absolute atomic E-state index is 5.01. The predicted molar refractivity (Wildman–Crippen MR) is 158 cm³/mol. The van der Waals surface area contributed by atoms with E-state index in [-0.39, 0.29) is 5.41 Å². The van der Waals surface area contributed by atoms with Crippen molar-refractivity contribution in [1.82, 2.24) is 9.55 Å². The molecule has 2 nitrogen and oxygen atoms in total. The molecule has 2 heteroatoms. The van der Waals surface area contributed by atoms with Gasteiger partial charge in [-0.25, -0.2) is 4.98 Å². The monoisotopic (exact) mass is 476 g/mol. The molecule has 0 atom stereocenters. The fraction of sp³-hybridized carbons (Fsp3) is 0.114. The first-order valence-electron chi connectivity index (χ1n) is 12.9. The molecule has 0 aliphatic carbocycles. The van der Waals surface area contributed by atoms with Gasteiger partial charge in [-0.15, -0.1) is 0 Å². The van der Waals surface area contributed by atoms with Gasteiger partial charge in [-0.05, 0) is 73.8 Å². The minimum atomic E-state index is -0.0782. The second kappa shape index (κ2) is 8.04. The number of hydrogen-bond acceptors (Lipinski definition) is 1. The third-order valence-corrected chi connectivity index (χ3v) is 7.42. The van der Waals surface area contributed by atoms with Gasteiger partial charge in [0.15, 0.2) is 0 Å². The molecule has 178 valence electrons. The highest BCUT2D eigenvalue weighted by atomic mass is 15.1. The predicted octanol–water partition coefficient (Wildman–Crippen LogP) is 9.45. The van der Waals surface area contributed by atoms with Gasteiger partial charge in [0.05, 0.1) is 11.0 Å². The lowest BCUT2D eigenvalue weighted by atomic mass is 9.90. The number of hydrogen-bond donors (Lipinski definition) is 0. The molecule has 0 aliphatic heterocycles. The van der Waals surface area contributed by atoms with Crippen molar-refractivity contribution in [2.45, 2.75) is 26.2 Å². The van der Waals surface area contributed by atoms with Crippen molar-refractivity contribution < 1.29 is 0 Å². The average Bonchev–Trinajstić information content (AvgIpc) is 3.33. The van der Waals surface area contributed by atoms with Crippen LogP contribution in [-0.2, 0) is 5.41 Å². The minimum Gasteiger partial charge on any atom is -0.296 e. The van der Waals surface area contributed by atoms with Crippen LogP contribution in [0, 0.1) is 0 Å². The van der Waals surface area contributed by atoms with Crippen LogP contribution in [-0.4, -0.2) is 9.55 Å². The summed E-state index contributed by atoms with van der Waals surface area (Å²) in [5.41, 5.74) is 5.72. The van der Waals surface area contributed by atoms with Gasteiger partial charge in [0, 0.05) is 11.1 Å². The second-order valence-corrected chi connectivity index (χ2v) is 10.9. The summed E-state index contributed by atoms with van der Waals surface area (Å²) in [5, 5.41) is 7.73. The first kappa shape index (κ1) is 21.8. The Balaban J connectivity index is 1.48. The standard InChI is InChI=1S/C35H28N2/c1-35(2,3)34-36-31-14-8-9-15-32(31)37(34)26-19-16-24(17-20-26)30-22-25-11-5-6-12-27(25)29-21-18-23-10-4-7-13-28(23)33(29)30/h4-22H,1-3H3. The van der Waals surface area contributed by atoms with Gasteiger partial charge in [0.2, 0.25) is 0 Å². The van der Waals surface area contributed by atoms with E-state index in [1.807, 2.05) is 0 Å². The van der Waals surface area contributed by atoms with Gasteiger partial charge in [0.1, 0.15) is 5.82 Å². The van der Waals surface area contributed by atoms with E-state index < -0.39 is 0 Å². The third-order valence-electron chi connectivity index (χ3n) is 7.42. The molecule has 0 unspecified atom stereocenters. The molecular weight excluding hydrogens is 448 g/mol. The highest BCUT2D eigenvalue weighted by molar-refractivity contribution is 6.22.